The van der Waals surface area contributed by atoms with Crippen molar-refractivity contribution in [2.45, 2.75) is 62.9 Å². The van der Waals surface area contributed by atoms with Crippen molar-refractivity contribution in [3.8, 4) is 11.5 Å². The summed E-state index contributed by atoms with van der Waals surface area (Å²) in [6.07, 6.45) is 8.33. The molecular weight excluding hydrogens is 522 g/mol. The van der Waals surface area contributed by atoms with Crippen LogP contribution in [0.2, 0.25) is 0 Å². The van der Waals surface area contributed by atoms with Crippen molar-refractivity contribution in [2.24, 2.45) is 16.5 Å². The van der Waals surface area contributed by atoms with Gasteiger partial charge in [0.2, 0.25) is 5.91 Å². The van der Waals surface area contributed by atoms with Crippen LogP contribution < -0.4 is 32.5 Å². The summed E-state index contributed by atoms with van der Waals surface area (Å²) in [6.45, 7) is 3.46. The third-order valence-electron chi connectivity index (χ3n) is 8.32. The molecule has 0 unspecified atom stereocenters. The molecule has 2 aliphatic heterocycles. The van der Waals surface area contributed by atoms with E-state index in [0.717, 1.165) is 76.0 Å². The fourth-order valence-electron chi connectivity index (χ4n) is 6.10. The van der Waals surface area contributed by atoms with E-state index in [1.165, 1.54) is 5.56 Å². The maximum atomic E-state index is 13.0. The summed E-state index contributed by atoms with van der Waals surface area (Å²) in [7, 11) is 3.83. The van der Waals surface area contributed by atoms with Crippen molar-refractivity contribution in [1.82, 2.24) is 24.7 Å². The van der Waals surface area contributed by atoms with Crippen LogP contribution in [0.1, 0.15) is 62.5 Å². The van der Waals surface area contributed by atoms with Crippen LogP contribution >= 0.6 is 0 Å². The van der Waals surface area contributed by atoms with Gasteiger partial charge in [-0.25, -0.2) is 4.79 Å². The number of anilines is 2. The third kappa shape index (κ3) is 7.17. The minimum Gasteiger partial charge on any atom is -0.450 e. The lowest BCUT2D eigenvalue weighted by Gasteiger charge is -2.33. The highest BCUT2D eigenvalue weighted by Crippen LogP contribution is 2.43. The van der Waals surface area contributed by atoms with Crippen LogP contribution in [-0.2, 0) is 4.79 Å². The van der Waals surface area contributed by atoms with Crippen LogP contribution in [0.3, 0.4) is 0 Å². The molecule has 3 aliphatic rings. The average Bonchev–Trinajstić information content (AvgIpc) is 2.95. The minimum atomic E-state index is -0.261. The smallest absolute Gasteiger partial charge is 0.350 e. The van der Waals surface area contributed by atoms with Crippen LogP contribution in [0.25, 0.3) is 0 Å². The van der Waals surface area contributed by atoms with E-state index in [1.807, 2.05) is 36.2 Å². The molecule has 41 heavy (non-hydrogen) atoms. The zero-order chi connectivity index (χ0) is 28.9. The molecule has 2 aromatic rings. The average molecular weight is 566 g/mol. The largest absolute Gasteiger partial charge is 0.450 e. The molecule has 3 heterocycles. The van der Waals surface area contributed by atoms with E-state index < -0.39 is 0 Å². The van der Waals surface area contributed by atoms with Crippen molar-refractivity contribution in [1.29, 1.82) is 0 Å². The molecule has 2 fully saturated rings. The monoisotopic (exact) mass is 565 g/mol. The topological polar surface area (TPSA) is 156 Å². The number of benzene rings is 1. The molecule has 1 saturated carbocycles. The number of carbonyl (C=O) groups excluding carboxylic acids is 1. The van der Waals surface area contributed by atoms with Crippen molar-refractivity contribution in [3.05, 3.63) is 40.4 Å². The van der Waals surface area contributed by atoms with Gasteiger partial charge in [-0.05, 0) is 89.2 Å². The van der Waals surface area contributed by atoms with Crippen LogP contribution in [0, 0.1) is 0 Å². The van der Waals surface area contributed by atoms with Crippen molar-refractivity contribution < 1.29 is 9.53 Å². The number of fused-ring (bicyclic) bond motifs is 2. The Bertz CT molecular complexity index is 1310. The molecule has 5 rings (SSSR count). The van der Waals surface area contributed by atoms with Crippen molar-refractivity contribution in [2.75, 3.05) is 52.1 Å². The van der Waals surface area contributed by atoms with Crippen LogP contribution in [0.15, 0.2) is 34.2 Å². The number of aliphatic imine (C=N–C) groups is 1. The summed E-state index contributed by atoms with van der Waals surface area (Å²) in [5.41, 5.74) is 12.5. The Hall–Kier alpha value is -3.64. The third-order valence-corrected chi connectivity index (χ3v) is 8.32. The van der Waals surface area contributed by atoms with E-state index in [1.54, 1.807) is 4.57 Å². The maximum Gasteiger partial charge on any atom is 0.350 e. The summed E-state index contributed by atoms with van der Waals surface area (Å²) in [4.78, 5) is 37.7. The molecule has 1 aromatic heterocycles. The molecule has 12 nitrogen and oxygen atoms in total. The van der Waals surface area contributed by atoms with Gasteiger partial charge in [0.15, 0.2) is 23.3 Å². The normalized spacial score (nSPS) is 20.5. The SMILES string of the molecule is CN(C)CC(=O)N1CCC(c2ccc3c(c2)Nc2nc(=O)n(C4CCC(NCCCN=C(N)N)CC4)cc2O3)CC1. The number of nitrogens with zero attached hydrogens (tertiary/aromatic N) is 5. The number of hydrogen-bond acceptors (Lipinski definition) is 8. The number of guanidine groups is 1. The van der Waals surface area contributed by atoms with Gasteiger partial charge >= 0.3 is 5.69 Å². The fourth-order valence-corrected chi connectivity index (χ4v) is 6.10. The van der Waals surface area contributed by atoms with Gasteiger partial charge in [0.25, 0.3) is 0 Å². The Morgan fingerprint density at radius 3 is 2.61 bits per heavy atom. The highest BCUT2D eigenvalue weighted by molar-refractivity contribution is 5.78. The summed E-state index contributed by atoms with van der Waals surface area (Å²) >= 11 is 0. The Morgan fingerprint density at radius 2 is 1.90 bits per heavy atom. The Labute approximate surface area is 241 Å². The molecule has 1 aliphatic carbocycles. The predicted octanol–water partition coefficient (Wildman–Crippen LogP) is 2.10. The predicted molar refractivity (Wildman–Crippen MR) is 160 cm³/mol. The van der Waals surface area contributed by atoms with Gasteiger partial charge < -0.3 is 36.6 Å². The minimum absolute atomic E-state index is 0.0998. The van der Waals surface area contributed by atoms with E-state index in [9.17, 15) is 9.59 Å². The second-order valence-electron chi connectivity index (χ2n) is 11.6. The molecular formula is C29H43N9O3. The molecule has 1 saturated heterocycles. The van der Waals surface area contributed by atoms with Gasteiger partial charge in [0.05, 0.1) is 18.4 Å². The number of nitrogens with two attached hydrogens (primary N) is 2. The van der Waals surface area contributed by atoms with Gasteiger partial charge in [0.1, 0.15) is 0 Å². The molecule has 0 bridgehead atoms. The highest BCUT2D eigenvalue weighted by Gasteiger charge is 2.28. The number of aromatic nitrogens is 2. The Kier molecular flexibility index (Phi) is 9.09. The number of likely N-dealkylation sites (tertiary alicyclic amines) is 1. The zero-order valence-electron chi connectivity index (χ0n) is 24.1. The molecule has 222 valence electrons. The van der Waals surface area contributed by atoms with Gasteiger partial charge in [-0.2, -0.15) is 4.98 Å². The lowest BCUT2D eigenvalue weighted by atomic mass is 9.89. The van der Waals surface area contributed by atoms with Gasteiger partial charge in [-0.3, -0.25) is 14.4 Å². The van der Waals surface area contributed by atoms with Crippen LogP contribution in [-0.4, -0.2) is 84.1 Å². The van der Waals surface area contributed by atoms with Gasteiger partial charge in [-0.15, -0.1) is 0 Å². The lowest BCUT2D eigenvalue weighted by Crippen LogP contribution is -2.42. The quantitative estimate of drug-likeness (QED) is 0.173. The second kappa shape index (κ2) is 12.9. The molecule has 0 spiro atoms. The molecule has 0 atom stereocenters. The molecule has 6 N–H and O–H groups in total. The lowest BCUT2D eigenvalue weighted by molar-refractivity contribution is -0.132. The van der Waals surface area contributed by atoms with E-state index in [0.29, 0.717) is 36.6 Å². The maximum absolute atomic E-state index is 13.0. The summed E-state index contributed by atoms with van der Waals surface area (Å²) < 4.78 is 7.96. The first-order valence-electron chi connectivity index (χ1n) is 14.7. The van der Waals surface area contributed by atoms with Crippen molar-refractivity contribution >= 4 is 23.4 Å². The Morgan fingerprint density at radius 1 is 1.15 bits per heavy atom. The molecule has 12 heteroatoms. The van der Waals surface area contributed by atoms with E-state index in [-0.39, 0.29) is 23.6 Å². The zero-order valence-corrected chi connectivity index (χ0v) is 24.1. The molecule has 0 radical (unpaired) electrons. The number of likely N-dealkylation sites (N-methyl/N-ethyl adjacent to an activating group) is 1. The fraction of sp³-hybridized carbons (Fsp3) is 0.586. The number of ether oxygens (including phenoxy) is 1. The number of piperidine rings is 1. The van der Waals surface area contributed by atoms with Gasteiger partial charge in [0, 0.05) is 31.7 Å². The second-order valence-corrected chi connectivity index (χ2v) is 11.6. The first kappa shape index (κ1) is 28.9. The highest BCUT2D eigenvalue weighted by atomic mass is 16.5. The standard InChI is InChI=1S/C29H43N9O3/c1-36(2)18-26(39)37-14-10-19(11-15-37)20-4-9-24-23(16-20)34-27-25(41-24)17-38(29(40)35-27)22-7-5-21(6-8-22)32-12-3-13-33-28(30)31/h4,9,16-17,19,21-22,32H,3,5-8,10-15,18H2,1-2H3,(H4,30,31,33)(H,34,35,40). The number of rotatable bonds is 9. The number of nitrogens with one attached hydrogen (secondary N) is 2. The van der Waals surface area contributed by atoms with E-state index >= 15 is 0 Å². The summed E-state index contributed by atoms with van der Waals surface area (Å²) in [6, 6.07) is 6.73. The summed E-state index contributed by atoms with van der Waals surface area (Å²) in [5.74, 6) is 2.43. The van der Waals surface area contributed by atoms with E-state index in [4.69, 9.17) is 16.2 Å². The number of hydrogen-bond donors (Lipinski definition) is 4. The first-order chi connectivity index (χ1) is 19.8. The summed E-state index contributed by atoms with van der Waals surface area (Å²) in [5, 5.41) is 6.91. The molecule has 1 amide bonds. The molecule has 1 aromatic carbocycles. The van der Waals surface area contributed by atoms with Crippen LogP contribution in [0.4, 0.5) is 11.5 Å². The van der Waals surface area contributed by atoms with Crippen LogP contribution in [0.5, 0.6) is 11.5 Å². The van der Waals surface area contributed by atoms with E-state index in [2.05, 4.69) is 32.7 Å². The van der Waals surface area contributed by atoms with Gasteiger partial charge in [-0.1, -0.05) is 6.07 Å². The number of amides is 1. The number of carbonyl (C=O) groups is 1. The Balaban J connectivity index is 1.16. The van der Waals surface area contributed by atoms with Crippen molar-refractivity contribution in [3.63, 3.8) is 0 Å². The first-order valence-corrected chi connectivity index (χ1v) is 14.7.